The van der Waals surface area contributed by atoms with E-state index in [4.69, 9.17) is 9.47 Å². The summed E-state index contributed by atoms with van der Waals surface area (Å²) in [5, 5.41) is 1.83. The van der Waals surface area contributed by atoms with Crippen LogP contribution in [0.1, 0.15) is 30.0 Å². The predicted molar refractivity (Wildman–Crippen MR) is 69.4 cm³/mol. The maximum atomic E-state index is 11.6. The van der Waals surface area contributed by atoms with Gasteiger partial charge in [-0.05, 0) is 13.8 Å². The van der Waals surface area contributed by atoms with Crippen LogP contribution in [0.4, 0.5) is 0 Å². The van der Waals surface area contributed by atoms with Crippen LogP contribution >= 0.6 is 11.3 Å². The summed E-state index contributed by atoms with van der Waals surface area (Å²) in [6.07, 6.45) is 1.74. The molecular formula is C12H14N2O4S. The third-order valence-corrected chi connectivity index (χ3v) is 3.29. The number of carbonyl (C=O) groups excluding carboxylic acids is 2. The zero-order chi connectivity index (χ0) is 13.8. The summed E-state index contributed by atoms with van der Waals surface area (Å²) >= 11 is 1.37. The van der Waals surface area contributed by atoms with Gasteiger partial charge in [0.25, 0.3) is 0 Å². The summed E-state index contributed by atoms with van der Waals surface area (Å²) in [5.74, 6) is -0.755. The van der Waals surface area contributed by atoms with E-state index in [1.165, 1.54) is 11.3 Å². The van der Waals surface area contributed by atoms with Crippen LogP contribution in [0.15, 0.2) is 11.6 Å². The number of carbonyl (C=O) groups is 2. The lowest BCUT2D eigenvalue weighted by Gasteiger charge is -2.00. The van der Waals surface area contributed by atoms with Gasteiger partial charge >= 0.3 is 11.9 Å². The van der Waals surface area contributed by atoms with Gasteiger partial charge in [0, 0.05) is 17.3 Å². The fraction of sp³-hybridized carbons (Fsp3) is 0.417. The molecule has 0 N–H and O–H groups in total. The second-order valence-electron chi connectivity index (χ2n) is 3.71. The summed E-state index contributed by atoms with van der Waals surface area (Å²) in [5.41, 5.74) is 1.00. The monoisotopic (exact) mass is 282 g/mol. The topological polar surface area (TPSA) is 69.9 Å². The number of nitrogens with zero attached hydrogens (tertiary/aromatic N) is 2. The third kappa shape index (κ3) is 2.93. The number of ether oxygens (including phenoxy) is 2. The molecule has 0 saturated carbocycles. The van der Waals surface area contributed by atoms with Gasteiger partial charge in [-0.15, -0.1) is 11.3 Å². The van der Waals surface area contributed by atoms with Crippen molar-refractivity contribution >= 4 is 28.2 Å². The molecule has 0 atom stereocenters. The minimum atomic E-state index is -0.458. The molecule has 0 fully saturated rings. The Morgan fingerprint density at radius 1 is 1.32 bits per heavy atom. The lowest BCUT2D eigenvalue weighted by molar-refractivity contribution is -0.142. The van der Waals surface area contributed by atoms with E-state index in [1.807, 2.05) is 5.38 Å². The SMILES string of the molecule is CCOC(=O)Cc1csc2nc(C(=O)OCC)cn12. The Bertz CT molecular complexity index is 602. The molecule has 2 aromatic heterocycles. The second-order valence-corrected chi connectivity index (χ2v) is 4.54. The second kappa shape index (κ2) is 5.83. The quantitative estimate of drug-likeness (QED) is 0.780. The van der Waals surface area contributed by atoms with Crippen molar-refractivity contribution in [3.8, 4) is 0 Å². The van der Waals surface area contributed by atoms with E-state index in [9.17, 15) is 9.59 Å². The highest BCUT2D eigenvalue weighted by molar-refractivity contribution is 7.15. The van der Waals surface area contributed by atoms with E-state index in [-0.39, 0.29) is 18.1 Å². The molecule has 0 spiro atoms. The number of imidazole rings is 1. The van der Waals surface area contributed by atoms with Gasteiger partial charge in [-0.2, -0.15) is 0 Å². The zero-order valence-electron chi connectivity index (χ0n) is 10.7. The van der Waals surface area contributed by atoms with Gasteiger partial charge < -0.3 is 9.47 Å². The molecule has 102 valence electrons. The van der Waals surface area contributed by atoms with Crippen LogP contribution in [-0.4, -0.2) is 34.5 Å². The van der Waals surface area contributed by atoms with Gasteiger partial charge in [0.15, 0.2) is 10.7 Å². The number of fused-ring (bicyclic) bond motifs is 1. The van der Waals surface area contributed by atoms with Crippen LogP contribution in [0.25, 0.3) is 4.96 Å². The molecule has 19 heavy (non-hydrogen) atoms. The Kier molecular flexibility index (Phi) is 4.16. The molecule has 0 aliphatic rings. The van der Waals surface area contributed by atoms with Crippen LogP contribution in [0.5, 0.6) is 0 Å². The van der Waals surface area contributed by atoms with Crippen molar-refractivity contribution in [1.82, 2.24) is 9.38 Å². The van der Waals surface area contributed by atoms with Crippen molar-refractivity contribution in [3.05, 3.63) is 23.0 Å². The molecule has 0 aliphatic heterocycles. The van der Waals surface area contributed by atoms with Crippen molar-refractivity contribution in [3.63, 3.8) is 0 Å². The zero-order valence-corrected chi connectivity index (χ0v) is 11.5. The third-order valence-electron chi connectivity index (χ3n) is 2.40. The number of rotatable bonds is 5. The van der Waals surface area contributed by atoms with E-state index >= 15 is 0 Å². The number of hydrogen-bond acceptors (Lipinski definition) is 6. The standard InChI is InChI=1S/C12H14N2O4S/c1-3-17-10(15)5-8-7-19-12-13-9(6-14(8)12)11(16)18-4-2/h6-7H,3-5H2,1-2H3. The van der Waals surface area contributed by atoms with Gasteiger partial charge in [-0.3, -0.25) is 9.20 Å². The van der Waals surface area contributed by atoms with Crippen LogP contribution < -0.4 is 0 Å². The molecule has 0 aromatic carbocycles. The van der Waals surface area contributed by atoms with Crippen molar-refractivity contribution in [2.75, 3.05) is 13.2 Å². The van der Waals surface area contributed by atoms with Crippen molar-refractivity contribution in [1.29, 1.82) is 0 Å². The van der Waals surface area contributed by atoms with Gasteiger partial charge in [-0.1, -0.05) is 0 Å². The van der Waals surface area contributed by atoms with Crippen molar-refractivity contribution < 1.29 is 19.1 Å². The molecule has 2 heterocycles. The van der Waals surface area contributed by atoms with Gasteiger partial charge in [0.05, 0.1) is 19.6 Å². The smallest absolute Gasteiger partial charge is 0.358 e. The van der Waals surface area contributed by atoms with E-state index < -0.39 is 5.97 Å². The van der Waals surface area contributed by atoms with Gasteiger partial charge in [0.2, 0.25) is 0 Å². The highest BCUT2D eigenvalue weighted by atomic mass is 32.1. The highest BCUT2D eigenvalue weighted by Crippen LogP contribution is 2.18. The molecule has 2 rings (SSSR count). The summed E-state index contributed by atoms with van der Waals surface area (Å²) in [4.78, 5) is 27.8. The van der Waals surface area contributed by atoms with Crippen LogP contribution in [0, 0.1) is 0 Å². The molecule has 0 unspecified atom stereocenters. The highest BCUT2D eigenvalue weighted by Gasteiger charge is 2.16. The average Bonchev–Trinajstić information content (AvgIpc) is 2.92. The molecule has 6 nitrogen and oxygen atoms in total. The summed E-state index contributed by atoms with van der Waals surface area (Å²) < 4.78 is 11.5. The van der Waals surface area contributed by atoms with Crippen LogP contribution in [0.2, 0.25) is 0 Å². The first-order valence-corrected chi connectivity index (χ1v) is 6.81. The average molecular weight is 282 g/mol. The molecule has 2 aromatic rings. The number of aromatic nitrogens is 2. The van der Waals surface area contributed by atoms with E-state index in [1.54, 1.807) is 24.4 Å². The first kappa shape index (κ1) is 13.5. The van der Waals surface area contributed by atoms with E-state index in [2.05, 4.69) is 4.98 Å². The molecule has 7 heteroatoms. The van der Waals surface area contributed by atoms with Crippen LogP contribution in [0.3, 0.4) is 0 Å². The van der Waals surface area contributed by atoms with E-state index in [0.29, 0.717) is 18.2 Å². The number of hydrogen-bond donors (Lipinski definition) is 0. The number of esters is 2. The van der Waals surface area contributed by atoms with E-state index in [0.717, 1.165) is 5.69 Å². The van der Waals surface area contributed by atoms with Crippen molar-refractivity contribution in [2.24, 2.45) is 0 Å². The first-order valence-electron chi connectivity index (χ1n) is 5.93. The predicted octanol–water partition coefficient (Wildman–Crippen LogP) is 1.68. The molecular weight excluding hydrogens is 268 g/mol. The molecule has 0 saturated heterocycles. The minimum absolute atomic E-state index is 0.159. The summed E-state index contributed by atoms with van der Waals surface area (Å²) in [6.45, 7) is 4.16. The lowest BCUT2D eigenvalue weighted by Crippen LogP contribution is -2.09. The molecule has 0 aliphatic carbocycles. The summed E-state index contributed by atoms with van der Waals surface area (Å²) in [7, 11) is 0. The Hall–Kier alpha value is -1.89. The normalized spacial score (nSPS) is 10.6. The first-order chi connectivity index (χ1) is 9.15. The number of thiazole rings is 1. The molecule has 0 bridgehead atoms. The van der Waals surface area contributed by atoms with Crippen LogP contribution in [-0.2, 0) is 20.7 Å². The molecule has 0 amide bonds. The fourth-order valence-electron chi connectivity index (χ4n) is 1.62. The lowest BCUT2D eigenvalue weighted by atomic mass is 10.3. The van der Waals surface area contributed by atoms with Crippen molar-refractivity contribution in [2.45, 2.75) is 20.3 Å². The maximum Gasteiger partial charge on any atom is 0.358 e. The molecule has 0 radical (unpaired) electrons. The Labute approximate surface area is 114 Å². The largest absolute Gasteiger partial charge is 0.466 e. The summed E-state index contributed by atoms with van der Waals surface area (Å²) in [6, 6.07) is 0. The minimum Gasteiger partial charge on any atom is -0.466 e. The van der Waals surface area contributed by atoms with Gasteiger partial charge in [-0.25, -0.2) is 9.78 Å². The maximum absolute atomic E-state index is 11.6. The van der Waals surface area contributed by atoms with Gasteiger partial charge in [0.1, 0.15) is 0 Å². The Morgan fingerprint density at radius 3 is 2.74 bits per heavy atom. The Morgan fingerprint density at radius 2 is 2.05 bits per heavy atom. The Balaban J connectivity index is 2.22. The fourth-order valence-corrected chi connectivity index (χ4v) is 2.49.